The summed E-state index contributed by atoms with van der Waals surface area (Å²) in [7, 11) is 0. The van der Waals surface area contributed by atoms with Crippen LogP contribution in [0, 0.1) is 10.1 Å². The van der Waals surface area contributed by atoms with Gasteiger partial charge in [0.2, 0.25) is 0 Å². The summed E-state index contributed by atoms with van der Waals surface area (Å²) in [6.07, 6.45) is 1.02. The molecule has 0 bridgehead atoms. The molecule has 1 unspecified atom stereocenters. The van der Waals surface area contributed by atoms with E-state index in [0.29, 0.717) is 10.9 Å². The second-order valence-electron chi connectivity index (χ2n) is 4.61. The minimum absolute atomic E-state index is 0.0566. The van der Waals surface area contributed by atoms with Crippen molar-refractivity contribution in [1.82, 2.24) is 0 Å². The van der Waals surface area contributed by atoms with Gasteiger partial charge in [-0.2, -0.15) is 11.8 Å². The predicted octanol–water partition coefficient (Wildman–Crippen LogP) is 2.62. The first-order valence-electron chi connectivity index (χ1n) is 6.41. The van der Waals surface area contributed by atoms with Crippen LogP contribution in [0.5, 0.6) is 0 Å². The highest BCUT2D eigenvalue weighted by Crippen LogP contribution is 2.33. The van der Waals surface area contributed by atoms with Crippen molar-refractivity contribution in [3.05, 3.63) is 33.9 Å². The molecule has 0 amide bonds. The first-order valence-corrected chi connectivity index (χ1v) is 7.46. The molecule has 1 aromatic rings. The number of benzene rings is 1. The number of thioether (sulfide) groups is 1. The zero-order valence-electron chi connectivity index (χ0n) is 11.1. The SMILES string of the molecule is CCC1CN(c2ccc(C(=O)O)cc2[N+](=O)[O-])CCS1. The fourth-order valence-corrected chi connectivity index (χ4v) is 3.44. The van der Waals surface area contributed by atoms with Crippen molar-refractivity contribution in [2.24, 2.45) is 0 Å². The van der Waals surface area contributed by atoms with Crippen molar-refractivity contribution < 1.29 is 14.8 Å². The minimum atomic E-state index is -1.15. The quantitative estimate of drug-likeness (QED) is 0.679. The predicted molar refractivity (Wildman–Crippen MR) is 78.8 cm³/mol. The molecule has 0 saturated carbocycles. The van der Waals surface area contributed by atoms with Gasteiger partial charge < -0.3 is 10.0 Å². The third kappa shape index (κ3) is 3.04. The van der Waals surface area contributed by atoms with Gasteiger partial charge in [-0.25, -0.2) is 4.79 Å². The lowest BCUT2D eigenvalue weighted by Crippen LogP contribution is -2.37. The van der Waals surface area contributed by atoms with E-state index in [2.05, 4.69) is 6.92 Å². The molecule has 0 aliphatic carbocycles. The average molecular weight is 296 g/mol. The number of aromatic carboxylic acids is 1. The molecule has 0 radical (unpaired) electrons. The van der Waals surface area contributed by atoms with Crippen LogP contribution in [0.4, 0.5) is 11.4 Å². The molecule has 0 aromatic heterocycles. The molecule has 2 rings (SSSR count). The number of nitrogens with zero attached hydrogens (tertiary/aromatic N) is 2. The first kappa shape index (κ1) is 14.6. The van der Waals surface area contributed by atoms with Gasteiger partial charge in [0.1, 0.15) is 5.69 Å². The summed E-state index contributed by atoms with van der Waals surface area (Å²) in [5.41, 5.74) is 0.323. The van der Waals surface area contributed by atoms with Crippen LogP contribution in [0.1, 0.15) is 23.7 Å². The van der Waals surface area contributed by atoms with Crippen molar-refractivity contribution in [1.29, 1.82) is 0 Å². The van der Waals surface area contributed by atoms with E-state index in [0.717, 1.165) is 31.3 Å². The van der Waals surface area contributed by atoms with Gasteiger partial charge in [0.25, 0.3) is 5.69 Å². The van der Waals surface area contributed by atoms with E-state index in [1.54, 1.807) is 6.07 Å². The van der Waals surface area contributed by atoms with Gasteiger partial charge in [-0.05, 0) is 18.6 Å². The summed E-state index contributed by atoms with van der Waals surface area (Å²) in [4.78, 5) is 23.6. The molecule has 1 fully saturated rings. The van der Waals surface area contributed by atoms with Gasteiger partial charge in [0.05, 0.1) is 10.5 Å². The normalized spacial score (nSPS) is 18.9. The lowest BCUT2D eigenvalue weighted by atomic mass is 10.1. The van der Waals surface area contributed by atoms with E-state index < -0.39 is 10.9 Å². The van der Waals surface area contributed by atoms with E-state index >= 15 is 0 Å². The van der Waals surface area contributed by atoms with E-state index in [1.165, 1.54) is 6.07 Å². The number of anilines is 1. The summed E-state index contributed by atoms with van der Waals surface area (Å²) < 4.78 is 0. The standard InChI is InChI=1S/C13H16N2O4S/c1-2-10-8-14(5-6-20-10)11-4-3-9(13(16)17)7-12(11)15(18)19/h3-4,7,10H,2,5-6,8H2,1H3,(H,16,17). The smallest absolute Gasteiger partial charge is 0.335 e. The lowest BCUT2D eigenvalue weighted by molar-refractivity contribution is -0.384. The highest BCUT2D eigenvalue weighted by Gasteiger charge is 2.26. The fraction of sp³-hybridized carbons (Fsp3) is 0.462. The molecule has 1 heterocycles. The van der Waals surface area contributed by atoms with Gasteiger partial charge in [0.15, 0.2) is 0 Å². The van der Waals surface area contributed by atoms with Crippen molar-refractivity contribution >= 4 is 29.1 Å². The van der Waals surface area contributed by atoms with Gasteiger partial charge in [0, 0.05) is 30.2 Å². The molecule has 108 valence electrons. The zero-order chi connectivity index (χ0) is 14.7. The molecule has 1 saturated heterocycles. The van der Waals surface area contributed by atoms with Crippen LogP contribution in [0.25, 0.3) is 0 Å². The zero-order valence-corrected chi connectivity index (χ0v) is 11.9. The maximum Gasteiger partial charge on any atom is 0.335 e. The second-order valence-corrected chi connectivity index (χ2v) is 6.02. The van der Waals surface area contributed by atoms with Crippen molar-refractivity contribution in [2.45, 2.75) is 18.6 Å². The van der Waals surface area contributed by atoms with Crippen LogP contribution in [-0.2, 0) is 0 Å². The number of carboxylic acid groups (broad SMARTS) is 1. The van der Waals surface area contributed by atoms with Gasteiger partial charge in [-0.3, -0.25) is 10.1 Å². The monoisotopic (exact) mass is 296 g/mol. The molecular formula is C13H16N2O4S. The number of hydrogen-bond acceptors (Lipinski definition) is 5. The fourth-order valence-electron chi connectivity index (χ4n) is 2.26. The Kier molecular flexibility index (Phi) is 4.49. The highest BCUT2D eigenvalue weighted by atomic mass is 32.2. The van der Waals surface area contributed by atoms with E-state index in [1.807, 2.05) is 16.7 Å². The summed E-state index contributed by atoms with van der Waals surface area (Å²) >= 11 is 1.88. The van der Waals surface area contributed by atoms with Crippen LogP contribution in [0.3, 0.4) is 0 Å². The Morgan fingerprint density at radius 2 is 2.35 bits per heavy atom. The third-order valence-corrected chi connectivity index (χ3v) is 4.73. The lowest BCUT2D eigenvalue weighted by Gasteiger charge is -2.33. The molecule has 20 heavy (non-hydrogen) atoms. The molecular weight excluding hydrogens is 280 g/mol. The molecule has 6 nitrogen and oxygen atoms in total. The van der Waals surface area contributed by atoms with E-state index in [-0.39, 0.29) is 11.3 Å². The Balaban J connectivity index is 2.35. The molecule has 1 atom stereocenters. The number of rotatable bonds is 4. The molecule has 1 aliphatic rings. The average Bonchev–Trinajstić information content (AvgIpc) is 2.46. The minimum Gasteiger partial charge on any atom is -0.478 e. The largest absolute Gasteiger partial charge is 0.478 e. The Morgan fingerprint density at radius 1 is 1.60 bits per heavy atom. The molecule has 7 heteroatoms. The van der Waals surface area contributed by atoms with E-state index in [9.17, 15) is 14.9 Å². The summed E-state index contributed by atoms with van der Waals surface area (Å²) in [5, 5.41) is 20.6. The summed E-state index contributed by atoms with van der Waals surface area (Å²) in [5.74, 6) is -0.226. The second kappa shape index (κ2) is 6.13. The van der Waals surface area contributed by atoms with E-state index in [4.69, 9.17) is 5.11 Å². The Morgan fingerprint density at radius 3 is 2.95 bits per heavy atom. The number of hydrogen-bond donors (Lipinski definition) is 1. The molecule has 1 aliphatic heterocycles. The van der Waals surface area contributed by atoms with Gasteiger partial charge in [-0.1, -0.05) is 6.92 Å². The van der Waals surface area contributed by atoms with Crippen LogP contribution >= 0.6 is 11.8 Å². The van der Waals surface area contributed by atoms with Gasteiger partial charge in [-0.15, -0.1) is 0 Å². The Labute approximate surface area is 120 Å². The Bertz CT molecular complexity index is 535. The van der Waals surface area contributed by atoms with Gasteiger partial charge >= 0.3 is 5.97 Å². The van der Waals surface area contributed by atoms with Crippen molar-refractivity contribution in [3.8, 4) is 0 Å². The van der Waals surface area contributed by atoms with Crippen LogP contribution in [0.2, 0.25) is 0 Å². The number of carbonyl (C=O) groups is 1. The van der Waals surface area contributed by atoms with Crippen molar-refractivity contribution in [3.63, 3.8) is 0 Å². The molecule has 1 N–H and O–H groups in total. The molecule has 0 spiro atoms. The summed E-state index contributed by atoms with van der Waals surface area (Å²) in [6, 6.07) is 4.11. The number of nitro groups is 1. The Hall–Kier alpha value is -1.76. The van der Waals surface area contributed by atoms with Crippen LogP contribution in [0.15, 0.2) is 18.2 Å². The maximum absolute atomic E-state index is 11.2. The topological polar surface area (TPSA) is 83.7 Å². The number of nitro benzene ring substituents is 1. The van der Waals surface area contributed by atoms with Crippen LogP contribution in [-0.4, -0.2) is 40.1 Å². The highest BCUT2D eigenvalue weighted by molar-refractivity contribution is 8.00. The number of carboxylic acids is 1. The third-order valence-electron chi connectivity index (χ3n) is 3.35. The van der Waals surface area contributed by atoms with Crippen LogP contribution < -0.4 is 4.90 Å². The maximum atomic E-state index is 11.2. The van der Waals surface area contributed by atoms with Crippen molar-refractivity contribution in [2.75, 3.05) is 23.7 Å². The summed E-state index contributed by atoms with van der Waals surface area (Å²) in [6.45, 7) is 3.60. The molecule has 1 aromatic carbocycles. The first-order chi connectivity index (χ1) is 9.52.